The van der Waals surface area contributed by atoms with Crippen molar-refractivity contribution < 1.29 is 19.2 Å². The van der Waals surface area contributed by atoms with E-state index in [-0.39, 0.29) is 18.7 Å². The second-order valence-electron chi connectivity index (χ2n) is 4.95. The van der Waals surface area contributed by atoms with Crippen LogP contribution in [0.4, 0.5) is 10.1 Å². The molecule has 1 N–H and O–H groups in total. The zero-order valence-corrected chi connectivity index (χ0v) is 11.4. The molecular formula is C13H16FN3O4. The molecular weight excluding hydrogens is 281 g/mol. The molecule has 21 heavy (non-hydrogen) atoms. The van der Waals surface area contributed by atoms with Gasteiger partial charge in [0, 0.05) is 44.4 Å². The molecule has 8 heteroatoms. The molecule has 0 atom stereocenters. The first-order valence-electron chi connectivity index (χ1n) is 6.55. The van der Waals surface area contributed by atoms with E-state index in [0.717, 1.165) is 6.07 Å². The zero-order valence-electron chi connectivity index (χ0n) is 11.4. The predicted octanol–water partition coefficient (Wildman–Crippen LogP) is 0.936. The molecule has 2 rings (SSSR count). The maximum atomic E-state index is 14.0. The van der Waals surface area contributed by atoms with E-state index < -0.39 is 22.4 Å². The van der Waals surface area contributed by atoms with Gasteiger partial charge in [-0.1, -0.05) is 12.1 Å². The molecule has 0 aromatic heterocycles. The summed E-state index contributed by atoms with van der Waals surface area (Å²) in [6.07, 6.45) is 0. The van der Waals surface area contributed by atoms with Gasteiger partial charge in [-0.05, 0) is 0 Å². The number of carboxylic acids is 1. The second-order valence-corrected chi connectivity index (χ2v) is 4.95. The summed E-state index contributed by atoms with van der Waals surface area (Å²) >= 11 is 0. The minimum absolute atomic E-state index is 0.000982. The van der Waals surface area contributed by atoms with Gasteiger partial charge in [-0.3, -0.25) is 24.7 Å². The van der Waals surface area contributed by atoms with Crippen LogP contribution in [0.1, 0.15) is 5.56 Å². The van der Waals surface area contributed by atoms with E-state index in [1.54, 1.807) is 0 Å². The molecule has 1 aliphatic rings. The number of nitrogens with zero attached hydrogens (tertiary/aromatic N) is 3. The van der Waals surface area contributed by atoms with Crippen molar-refractivity contribution in [3.63, 3.8) is 0 Å². The molecule has 1 fully saturated rings. The first kappa shape index (κ1) is 15.3. The van der Waals surface area contributed by atoms with Crippen LogP contribution in [0.2, 0.25) is 0 Å². The van der Waals surface area contributed by atoms with E-state index in [1.165, 1.54) is 12.1 Å². The highest BCUT2D eigenvalue weighted by Crippen LogP contribution is 2.21. The molecule has 0 spiro atoms. The molecule has 0 unspecified atom stereocenters. The lowest BCUT2D eigenvalue weighted by Gasteiger charge is -2.33. The molecule has 1 aromatic carbocycles. The van der Waals surface area contributed by atoms with Crippen molar-refractivity contribution in [2.75, 3.05) is 32.7 Å². The highest BCUT2D eigenvalue weighted by molar-refractivity contribution is 5.69. The van der Waals surface area contributed by atoms with Gasteiger partial charge >= 0.3 is 11.7 Å². The van der Waals surface area contributed by atoms with Crippen molar-refractivity contribution in [1.82, 2.24) is 9.80 Å². The van der Waals surface area contributed by atoms with Gasteiger partial charge in [-0.25, -0.2) is 0 Å². The number of hydrogen-bond donors (Lipinski definition) is 1. The van der Waals surface area contributed by atoms with E-state index in [4.69, 9.17) is 5.11 Å². The van der Waals surface area contributed by atoms with Crippen LogP contribution in [-0.4, -0.2) is 58.5 Å². The minimum Gasteiger partial charge on any atom is -0.480 e. The number of carbonyl (C=O) groups is 1. The summed E-state index contributed by atoms with van der Waals surface area (Å²) in [5, 5.41) is 19.4. The molecule has 0 aliphatic carbocycles. The summed E-state index contributed by atoms with van der Waals surface area (Å²) in [5.41, 5.74) is -0.229. The summed E-state index contributed by atoms with van der Waals surface area (Å²) in [5.74, 6) is -1.66. The zero-order chi connectivity index (χ0) is 15.4. The molecule has 1 aromatic rings. The number of halogens is 1. The summed E-state index contributed by atoms with van der Waals surface area (Å²) in [4.78, 5) is 24.4. The van der Waals surface area contributed by atoms with Crippen molar-refractivity contribution >= 4 is 11.7 Å². The number of nitro benzene ring substituents is 1. The summed E-state index contributed by atoms with van der Waals surface area (Å²) in [6.45, 7) is 2.67. The van der Waals surface area contributed by atoms with Gasteiger partial charge in [0.25, 0.3) is 0 Å². The third kappa shape index (κ3) is 3.96. The monoisotopic (exact) mass is 297 g/mol. The number of rotatable bonds is 5. The van der Waals surface area contributed by atoms with E-state index in [2.05, 4.69) is 0 Å². The summed E-state index contributed by atoms with van der Waals surface area (Å²) in [7, 11) is 0. The Balaban J connectivity index is 1.96. The SMILES string of the molecule is O=C(O)CN1CCN(Cc2cccc([N+](=O)[O-])c2F)CC1. The Kier molecular flexibility index (Phi) is 4.81. The molecule has 0 radical (unpaired) electrons. The Morgan fingerprint density at radius 2 is 1.90 bits per heavy atom. The molecule has 1 heterocycles. The molecule has 114 valence electrons. The van der Waals surface area contributed by atoms with E-state index in [9.17, 15) is 19.3 Å². The maximum Gasteiger partial charge on any atom is 0.317 e. The topological polar surface area (TPSA) is 86.9 Å². The minimum atomic E-state index is -0.867. The van der Waals surface area contributed by atoms with Crippen molar-refractivity contribution in [2.24, 2.45) is 0 Å². The quantitative estimate of drug-likeness (QED) is 0.643. The number of nitro groups is 1. The van der Waals surface area contributed by atoms with Gasteiger partial charge in [0.05, 0.1) is 11.5 Å². The van der Waals surface area contributed by atoms with Crippen LogP contribution in [-0.2, 0) is 11.3 Å². The number of benzene rings is 1. The molecule has 0 amide bonds. The van der Waals surface area contributed by atoms with Crippen LogP contribution in [0.15, 0.2) is 18.2 Å². The largest absolute Gasteiger partial charge is 0.480 e. The molecule has 1 aliphatic heterocycles. The number of aliphatic carboxylic acids is 1. The fourth-order valence-electron chi connectivity index (χ4n) is 2.37. The van der Waals surface area contributed by atoms with Gasteiger partial charge in [-0.15, -0.1) is 0 Å². The molecule has 0 bridgehead atoms. The third-order valence-corrected chi connectivity index (χ3v) is 3.47. The van der Waals surface area contributed by atoms with Gasteiger partial charge in [0.2, 0.25) is 5.82 Å². The lowest BCUT2D eigenvalue weighted by Crippen LogP contribution is -2.47. The highest BCUT2D eigenvalue weighted by Gasteiger charge is 2.22. The van der Waals surface area contributed by atoms with Crippen LogP contribution in [0.5, 0.6) is 0 Å². The van der Waals surface area contributed by atoms with Crippen LogP contribution >= 0.6 is 0 Å². The fourth-order valence-corrected chi connectivity index (χ4v) is 2.37. The maximum absolute atomic E-state index is 14.0. The predicted molar refractivity (Wildman–Crippen MR) is 72.4 cm³/mol. The van der Waals surface area contributed by atoms with E-state index in [0.29, 0.717) is 26.2 Å². The van der Waals surface area contributed by atoms with Crippen LogP contribution in [0.3, 0.4) is 0 Å². The number of carboxylic acid groups (broad SMARTS) is 1. The van der Waals surface area contributed by atoms with Gasteiger partial charge in [0.1, 0.15) is 0 Å². The Labute approximate surface area is 120 Å². The van der Waals surface area contributed by atoms with Crippen molar-refractivity contribution in [3.05, 3.63) is 39.7 Å². The lowest BCUT2D eigenvalue weighted by molar-refractivity contribution is -0.387. The number of piperazine rings is 1. The van der Waals surface area contributed by atoms with E-state index in [1.807, 2.05) is 9.80 Å². The lowest BCUT2D eigenvalue weighted by atomic mass is 10.1. The first-order valence-corrected chi connectivity index (χ1v) is 6.55. The van der Waals surface area contributed by atoms with Gasteiger partial charge in [-0.2, -0.15) is 4.39 Å². The van der Waals surface area contributed by atoms with Crippen LogP contribution < -0.4 is 0 Å². The standard InChI is InChI=1S/C13H16FN3O4/c14-13-10(2-1-3-11(13)17(20)21)8-15-4-6-16(7-5-15)9-12(18)19/h1-3H,4-9H2,(H,18,19). The molecule has 0 saturated carbocycles. The van der Waals surface area contributed by atoms with Gasteiger partial charge < -0.3 is 5.11 Å². The van der Waals surface area contributed by atoms with Gasteiger partial charge in [0.15, 0.2) is 0 Å². The average Bonchev–Trinajstić information content (AvgIpc) is 2.42. The van der Waals surface area contributed by atoms with E-state index >= 15 is 0 Å². The molecule has 1 saturated heterocycles. The third-order valence-electron chi connectivity index (χ3n) is 3.47. The highest BCUT2D eigenvalue weighted by atomic mass is 19.1. The Morgan fingerprint density at radius 1 is 1.29 bits per heavy atom. The number of hydrogen-bond acceptors (Lipinski definition) is 5. The summed E-state index contributed by atoms with van der Waals surface area (Å²) < 4.78 is 14.0. The summed E-state index contributed by atoms with van der Waals surface area (Å²) in [6, 6.07) is 4.15. The smallest absolute Gasteiger partial charge is 0.317 e. The Morgan fingerprint density at radius 3 is 2.48 bits per heavy atom. The normalized spacial score (nSPS) is 16.8. The Bertz CT molecular complexity index is 544. The van der Waals surface area contributed by atoms with Crippen molar-refractivity contribution in [2.45, 2.75) is 6.54 Å². The van der Waals surface area contributed by atoms with Crippen LogP contribution in [0.25, 0.3) is 0 Å². The molecule has 7 nitrogen and oxygen atoms in total. The second kappa shape index (κ2) is 6.59. The fraction of sp³-hybridized carbons (Fsp3) is 0.462. The average molecular weight is 297 g/mol. The first-order chi connectivity index (χ1) is 9.97. The van der Waals surface area contributed by atoms with Crippen molar-refractivity contribution in [1.29, 1.82) is 0 Å². The van der Waals surface area contributed by atoms with Crippen LogP contribution in [0, 0.1) is 15.9 Å². The Hall–Kier alpha value is -2.06. The van der Waals surface area contributed by atoms with Crippen molar-refractivity contribution in [3.8, 4) is 0 Å².